The summed E-state index contributed by atoms with van der Waals surface area (Å²) < 4.78 is 13.7. The molecule has 1 aromatic rings. The van der Waals surface area contributed by atoms with Gasteiger partial charge < -0.3 is 5.11 Å². The average Bonchev–Trinajstić information content (AvgIpc) is 2.54. The molecule has 1 unspecified atom stereocenters. The summed E-state index contributed by atoms with van der Waals surface area (Å²) in [6, 6.07) is 6.48. The summed E-state index contributed by atoms with van der Waals surface area (Å²) in [7, 11) is 0. The summed E-state index contributed by atoms with van der Waals surface area (Å²) in [5.74, 6) is -0.269. The van der Waals surface area contributed by atoms with Crippen LogP contribution in [0, 0.1) is 17.1 Å². The molecule has 0 saturated carbocycles. The van der Waals surface area contributed by atoms with Gasteiger partial charge in [0.05, 0.1) is 17.2 Å². The molecule has 0 radical (unpaired) electrons. The van der Waals surface area contributed by atoms with Crippen LogP contribution in [0.4, 0.5) is 4.39 Å². The van der Waals surface area contributed by atoms with Crippen LogP contribution in [0.15, 0.2) is 18.2 Å². The summed E-state index contributed by atoms with van der Waals surface area (Å²) in [5.41, 5.74) is 0.431. The van der Waals surface area contributed by atoms with Crippen LogP contribution in [0.3, 0.4) is 0 Å². The molecule has 1 aromatic carbocycles. The van der Waals surface area contributed by atoms with Crippen molar-refractivity contribution >= 4 is 0 Å². The van der Waals surface area contributed by atoms with Gasteiger partial charge in [0.1, 0.15) is 5.82 Å². The van der Waals surface area contributed by atoms with E-state index in [1.807, 2.05) is 13.0 Å². The first-order valence-corrected chi connectivity index (χ1v) is 6.63. The zero-order valence-electron chi connectivity index (χ0n) is 11.2. The molecule has 0 amide bonds. The maximum atomic E-state index is 13.7. The van der Waals surface area contributed by atoms with E-state index in [1.165, 1.54) is 12.1 Å². The van der Waals surface area contributed by atoms with E-state index in [-0.39, 0.29) is 5.82 Å². The second-order valence-corrected chi connectivity index (χ2v) is 5.54. The largest absolute Gasteiger partial charge is 0.390 e. The van der Waals surface area contributed by atoms with Crippen molar-refractivity contribution in [3.05, 3.63) is 35.1 Å². The van der Waals surface area contributed by atoms with Gasteiger partial charge in [0.25, 0.3) is 0 Å². The number of nitriles is 1. The van der Waals surface area contributed by atoms with Crippen LogP contribution >= 0.6 is 0 Å². The minimum Gasteiger partial charge on any atom is -0.390 e. The van der Waals surface area contributed by atoms with E-state index < -0.39 is 5.60 Å². The average molecular weight is 262 g/mol. The summed E-state index contributed by atoms with van der Waals surface area (Å²) in [4.78, 5) is 2.14. The summed E-state index contributed by atoms with van der Waals surface area (Å²) in [6.45, 7) is 3.96. The van der Waals surface area contributed by atoms with E-state index in [0.29, 0.717) is 24.1 Å². The SMILES string of the molecule is CC1(O)CCCN(Cc2cc(C#N)ccc2F)CC1. The third-order valence-corrected chi connectivity index (χ3v) is 3.73. The Hall–Kier alpha value is -1.44. The Morgan fingerprint density at radius 3 is 2.95 bits per heavy atom. The molecular formula is C15H19FN2O. The minimum atomic E-state index is -0.609. The highest BCUT2D eigenvalue weighted by molar-refractivity contribution is 5.33. The summed E-state index contributed by atoms with van der Waals surface area (Å²) in [5, 5.41) is 18.9. The van der Waals surface area contributed by atoms with Crippen molar-refractivity contribution in [1.82, 2.24) is 4.90 Å². The molecule has 102 valence electrons. The van der Waals surface area contributed by atoms with Crippen molar-refractivity contribution in [3.63, 3.8) is 0 Å². The second kappa shape index (κ2) is 5.68. The van der Waals surface area contributed by atoms with Crippen molar-refractivity contribution in [3.8, 4) is 6.07 Å². The lowest BCUT2D eigenvalue weighted by atomic mass is 9.98. The molecular weight excluding hydrogens is 243 g/mol. The number of benzene rings is 1. The topological polar surface area (TPSA) is 47.3 Å². The number of hydrogen-bond acceptors (Lipinski definition) is 3. The highest BCUT2D eigenvalue weighted by atomic mass is 19.1. The third-order valence-electron chi connectivity index (χ3n) is 3.73. The number of rotatable bonds is 2. The first kappa shape index (κ1) is 14.0. The van der Waals surface area contributed by atoms with Crippen LogP contribution in [0.2, 0.25) is 0 Å². The molecule has 1 N–H and O–H groups in total. The maximum absolute atomic E-state index is 13.7. The molecule has 1 aliphatic heterocycles. The first-order valence-electron chi connectivity index (χ1n) is 6.63. The van der Waals surface area contributed by atoms with Gasteiger partial charge in [0.15, 0.2) is 0 Å². The molecule has 1 aliphatic rings. The van der Waals surface area contributed by atoms with Crippen molar-refractivity contribution in [2.75, 3.05) is 13.1 Å². The Morgan fingerprint density at radius 2 is 2.21 bits per heavy atom. The molecule has 1 saturated heterocycles. The van der Waals surface area contributed by atoms with Gasteiger partial charge in [-0.2, -0.15) is 5.26 Å². The summed E-state index contributed by atoms with van der Waals surface area (Å²) >= 11 is 0. The highest BCUT2D eigenvalue weighted by Gasteiger charge is 2.25. The minimum absolute atomic E-state index is 0.269. The quantitative estimate of drug-likeness (QED) is 0.890. The van der Waals surface area contributed by atoms with Crippen LogP contribution in [0.25, 0.3) is 0 Å². The van der Waals surface area contributed by atoms with Gasteiger partial charge >= 0.3 is 0 Å². The predicted molar refractivity (Wildman–Crippen MR) is 70.9 cm³/mol. The fourth-order valence-electron chi connectivity index (χ4n) is 2.48. The molecule has 3 nitrogen and oxygen atoms in total. The number of hydrogen-bond donors (Lipinski definition) is 1. The Morgan fingerprint density at radius 1 is 1.42 bits per heavy atom. The van der Waals surface area contributed by atoms with E-state index in [0.717, 1.165) is 25.9 Å². The lowest BCUT2D eigenvalue weighted by Crippen LogP contribution is -2.28. The number of nitrogens with zero attached hydrogens (tertiary/aromatic N) is 2. The maximum Gasteiger partial charge on any atom is 0.127 e. The lowest BCUT2D eigenvalue weighted by molar-refractivity contribution is 0.0444. The van der Waals surface area contributed by atoms with Crippen LogP contribution < -0.4 is 0 Å². The second-order valence-electron chi connectivity index (χ2n) is 5.54. The Kier molecular flexibility index (Phi) is 4.18. The Balaban J connectivity index is 2.07. The zero-order valence-corrected chi connectivity index (χ0v) is 11.2. The molecule has 2 rings (SSSR count). The molecule has 1 atom stereocenters. The van der Waals surface area contributed by atoms with Gasteiger partial charge in [-0.25, -0.2) is 4.39 Å². The smallest absolute Gasteiger partial charge is 0.127 e. The van der Waals surface area contributed by atoms with Crippen LogP contribution in [-0.2, 0) is 6.54 Å². The van der Waals surface area contributed by atoms with Crippen LogP contribution in [0.1, 0.15) is 37.3 Å². The number of halogens is 1. The van der Waals surface area contributed by atoms with E-state index in [1.54, 1.807) is 6.07 Å². The van der Waals surface area contributed by atoms with Crippen molar-refractivity contribution in [2.45, 2.75) is 38.3 Å². The van der Waals surface area contributed by atoms with Crippen molar-refractivity contribution in [1.29, 1.82) is 5.26 Å². The standard InChI is InChI=1S/C15H19FN2O/c1-15(19)5-2-7-18(8-6-15)11-13-9-12(10-17)3-4-14(13)16/h3-4,9,19H,2,5-8,11H2,1H3. The molecule has 19 heavy (non-hydrogen) atoms. The van der Waals surface area contributed by atoms with Crippen LogP contribution in [0.5, 0.6) is 0 Å². The van der Waals surface area contributed by atoms with E-state index >= 15 is 0 Å². The lowest BCUT2D eigenvalue weighted by Gasteiger charge is -2.22. The van der Waals surface area contributed by atoms with Gasteiger partial charge in [-0.15, -0.1) is 0 Å². The van der Waals surface area contributed by atoms with E-state index in [4.69, 9.17) is 5.26 Å². The van der Waals surface area contributed by atoms with Gasteiger partial charge in [0, 0.05) is 18.7 Å². The Labute approximate surface area is 113 Å². The first-order chi connectivity index (χ1) is 9.00. The molecule has 0 spiro atoms. The van der Waals surface area contributed by atoms with Crippen LogP contribution in [-0.4, -0.2) is 28.7 Å². The molecule has 0 aliphatic carbocycles. The fraction of sp³-hybridized carbons (Fsp3) is 0.533. The molecule has 4 heteroatoms. The normalized spacial score (nSPS) is 24.7. The van der Waals surface area contributed by atoms with E-state index in [2.05, 4.69) is 4.90 Å². The van der Waals surface area contributed by atoms with Crippen molar-refractivity contribution < 1.29 is 9.50 Å². The van der Waals surface area contributed by atoms with Gasteiger partial charge in [0.2, 0.25) is 0 Å². The van der Waals surface area contributed by atoms with Gasteiger partial charge in [-0.05, 0) is 50.9 Å². The monoisotopic (exact) mass is 262 g/mol. The zero-order chi connectivity index (χ0) is 13.9. The molecule has 0 aromatic heterocycles. The van der Waals surface area contributed by atoms with E-state index in [9.17, 15) is 9.50 Å². The predicted octanol–water partition coefficient (Wildman–Crippen LogP) is 2.43. The highest BCUT2D eigenvalue weighted by Crippen LogP contribution is 2.23. The van der Waals surface area contributed by atoms with Gasteiger partial charge in [-0.3, -0.25) is 4.90 Å². The molecule has 1 fully saturated rings. The fourth-order valence-corrected chi connectivity index (χ4v) is 2.48. The summed E-state index contributed by atoms with van der Waals surface area (Å²) in [6.07, 6.45) is 2.39. The number of likely N-dealkylation sites (tertiary alicyclic amines) is 1. The van der Waals surface area contributed by atoms with Gasteiger partial charge in [-0.1, -0.05) is 0 Å². The van der Waals surface area contributed by atoms with Crippen molar-refractivity contribution in [2.24, 2.45) is 0 Å². The number of aliphatic hydroxyl groups is 1. The third kappa shape index (κ3) is 3.76. The molecule has 1 heterocycles. The molecule has 0 bridgehead atoms. The Bertz CT molecular complexity index is 493.